The van der Waals surface area contributed by atoms with Gasteiger partial charge in [-0.05, 0) is 6.07 Å². The largest absolute Gasteiger partial charge is 0.408 e. The second kappa shape index (κ2) is 3.01. The Bertz CT molecular complexity index is 490. The summed E-state index contributed by atoms with van der Waals surface area (Å²) in [5.74, 6) is 0. The van der Waals surface area contributed by atoms with Crippen LogP contribution < -0.4 is 0 Å². The molecule has 14 heavy (non-hydrogen) atoms. The van der Waals surface area contributed by atoms with Gasteiger partial charge < -0.3 is 0 Å². The molecule has 0 aliphatic heterocycles. The monoisotopic (exact) mass is 201 g/mol. The third-order valence-electron chi connectivity index (χ3n) is 1.82. The fraction of sp³-hybridized carbons (Fsp3) is 0.222. The topological polar surface area (TPSA) is 17.8 Å². The number of fused-ring (bicyclic) bond motifs is 1. The first kappa shape index (κ1) is 7.84. The summed E-state index contributed by atoms with van der Waals surface area (Å²) in [6.45, 7) is -1.10. The van der Waals surface area contributed by atoms with Crippen molar-refractivity contribution in [3.8, 4) is 0 Å². The molecule has 0 aliphatic carbocycles. The zero-order valence-corrected chi connectivity index (χ0v) is 7.04. The lowest BCUT2D eigenvalue weighted by Gasteiger charge is -2.06. The van der Waals surface area contributed by atoms with E-state index in [1.165, 1.54) is 24.4 Å². The number of para-hydroxylation sites is 1. The van der Waals surface area contributed by atoms with Crippen LogP contribution in [-0.4, -0.2) is 16.0 Å². The Hall–Kier alpha value is -1.52. The van der Waals surface area contributed by atoms with Crippen LogP contribution in [0.5, 0.6) is 0 Å². The van der Waals surface area contributed by atoms with Gasteiger partial charge in [-0.1, -0.05) is 18.2 Å². The third kappa shape index (κ3) is 1.71. The Morgan fingerprint density at radius 1 is 1.43 bits per heavy atom. The van der Waals surface area contributed by atoms with E-state index in [-0.39, 0.29) is 6.04 Å². The summed E-state index contributed by atoms with van der Waals surface area (Å²) in [7, 11) is 0. The number of halogens is 3. The molecule has 0 N–H and O–H groups in total. The van der Waals surface area contributed by atoms with Crippen LogP contribution in [0.15, 0.2) is 30.4 Å². The van der Waals surface area contributed by atoms with Crippen molar-refractivity contribution >= 4 is 10.9 Å². The van der Waals surface area contributed by atoms with Crippen molar-refractivity contribution in [3.63, 3.8) is 0 Å². The van der Waals surface area contributed by atoms with Gasteiger partial charge in [0.2, 0.25) is 0 Å². The van der Waals surface area contributed by atoms with Crippen molar-refractivity contribution in [2.45, 2.75) is 12.7 Å². The molecule has 2 nitrogen and oxygen atoms in total. The highest BCUT2D eigenvalue weighted by atomic mass is 19.4. The van der Waals surface area contributed by atoms with E-state index in [0.29, 0.717) is 10.9 Å². The lowest BCUT2D eigenvalue weighted by molar-refractivity contribution is -0.141. The predicted molar refractivity (Wildman–Crippen MR) is 45.8 cm³/mol. The van der Waals surface area contributed by atoms with E-state index in [9.17, 15) is 13.2 Å². The lowest BCUT2D eigenvalue weighted by Crippen LogP contribution is -2.18. The lowest BCUT2D eigenvalue weighted by atomic mass is 10.3. The van der Waals surface area contributed by atoms with Crippen LogP contribution in [0.25, 0.3) is 10.9 Å². The van der Waals surface area contributed by atoms with Crippen LogP contribution in [0.4, 0.5) is 13.2 Å². The van der Waals surface area contributed by atoms with E-state index in [1.54, 1.807) is 0 Å². The molecular formula is C9H7F3N2. The van der Waals surface area contributed by atoms with Gasteiger partial charge in [-0.25, -0.2) is 0 Å². The highest BCUT2D eigenvalue weighted by Crippen LogP contribution is 2.20. The highest BCUT2D eigenvalue weighted by molar-refractivity contribution is 5.78. The molecule has 0 atom stereocenters. The summed E-state index contributed by atoms with van der Waals surface area (Å²) in [5, 5.41) is 4.18. The van der Waals surface area contributed by atoms with E-state index in [1.807, 2.05) is 0 Å². The molecule has 0 saturated carbocycles. The van der Waals surface area contributed by atoms with Crippen LogP contribution in [0.1, 0.15) is 1.37 Å². The first-order chi connectivity index (χ1) is 6.96. The predicted octanol–water partition coefficient (Wildman–Crippen LogP) is 2.60. The van der Waals surface area contributed by atoms with Gasteiger partial charge >= 0.3 is 6.18 Å². The zero-order valence-electron chi connectivity index (χ0n) is 8.04. The molecule has 0 fully saturated rings. The summed E-state index contributed by atoms with van der Waals surface area (Å²) >= 11 is 0. The molecule has 1 aromatic heterocycles. The smallest absolute Gasteiger partial charge is 0.256 e. The molecule has 0 aliphatic rings. The SMILES string of the molecule is [2H]c1ccc2c(cnn2CC(F)(F)F)c1. The maximum atomic E-state index is 12.1. The fourth-order valence-corrected chi connectivity index (χ4v) is 1.26. The Morgan fingerprint density at radius 3 is 2.93 bits per heavy atom. The van der Waals surface area contributed by atoms with Gasteiger partial charge in [0.15, 0.2) is 0 Å². The van der Waals surface area contributed by atoms with Crippen molar-refractivity contribution in [3.05, 3.63) is 30.4 Å². The highest BCUT2D eigenvalue weighted by Gasteiger charge is 2.28. The van der Waals surface area contributed by atoms with Crippen LogP contribution in [-0.2, 0) is 6.54 Å². The molecule has 74 valence electrons. The summed E-state index contributed by atoms with van der Waals surface area (Å²) in [6, 6.07) is 4.65. The molecule has 2 aromatic rings. The van der Waals surface area contributed by atoms with Crippen molar-refractivity contribution in [2.75, 3.05) is 0 Å². The van der Waals surface area contributed by atoms with Gasteiger partial charge in [0.1, 0.15) is 6.54 Å². The normalized spacial score (nSPS) is 13.2. The molecule has 0 saturated heterocycles. The maximum absolute atomic E-state index is 12.1. The number of benzene rings is 1. The average molecular weight is 201 g/mol. The second-order valence-corrected chi connectivity index (χ2v) is 2.90. The molecule has 0 bridgehead atoms. The minimum Gasteiger partial charge on any atom is -0.256 e. The Labute approximate surface area is 79.4 Å². The van der Waals surface area contributed by atoms with Crippen molar-refractivity contribution < 1.29 is 14.5 Å². The van der Waals surface area contributed by atoms with E-state index < -0.39 is 12.7 Å². The van der Waals surface area contributed by atoms with Crippen LogP contribution in [0, 0.1) is 0 Å². The first-order valence-electron chi connectivity index (χ1n) is 4.45. The Balaban J connectivity index is 2.45. The molecule has 2 rings (SSSR count). The zero-order chi connectivity index (χ0) is 11.1. The molecule has 0 amide bonds. The van der Waals surface area contributed by atoms with Gasteiger partial charge in [-0.15, -0.1) is 0 Å². The second-order valence-electron chi connectivity index (χ2n) is 2.90. The summed E-state index contributed by atoms with van der Waals surface area (Å²) in [5.41, 5.74) is 0.392. The third-order valence-corrected chi connectivity index (χ3v) is 1.82. The maximum Gasteiger partial charge on any atom is 0.408 e. The van der Waals surface area contributed by atoms with Gasteiger partial charge in [0.05, 0.1) is 13.1 Å². The molecule has 1 heterocycles. The van der Waals surface area contributed by atoms with Gasteiger partial charge in [0, 0.05) is 5.39 Å². The first-order valence-corrected chi connectivity index (χ1v) is 3.95. The number of alkyl halides is 3. The quantitative estimate of drug-likeness (QED) is 0.693. The van der Waals surface area contributed by atoms with E-state index >= 15 is 0 Å². The summed E-state index contributed by atoms with van der Waals surface area (Å²) in [6.07, 6.45) is -2.95. The number of rotatable bonds is 1. The fourth-order valence-electron chi connectivity index (χ4n) is 1.26. The van der Waals surface area contributed by atoms with Crippen LogP contribution in [0.2, 0.25) is 0 Å². The Kier molecular flexibility index (Phi) is 1.68. The molecular weight excluding hydrogens is 193 g/mol. The summed E-state index contributed by atoms with van der Waals surface area (Å²) < 4.78 is 44.6. The standard InChI is InChI=1S/C9H7F3N2/c10-9(11,12)6-14-8-4-2-1-3-7(8)5-13-14/h1-5H,6H2/i1D. The van der Waals surface area contributed by atoms with Crippen molar-refractivity contribution in [1.82, 2.24) is 9.78 Å². The van der Waals surface area contributed by atoms with Crippen LogP contribution >= 0.6 is 0 Å². The minimum absolute atomic E-state index is 0.258. The van der Waals surface area contributed by atoms with Gasteiger partial charge in [0.25, 0.3) is 0 Å². The molecule has 0 unspecified atom stereocenters. The van der Waals surface area contributed by atoms with Crippen molar-refractivity contribution in [1.29, 1.82) is 0 Å². The number of hydrogen-bond acceptors (Lipinski definition) is 1. The number of nitrogens with zero attached hydrogens (tertiary/aromatic N) is 2. The number of aromatic nitrogens is 2. The molecule has 0 radical (unpaired) electrons. The van der Waals surface area contributed by atoms with Gasteiger partial charge in [-0.3, -0.25) is 4.68 Å². The van der Waals surface area contributed by atoms with Crippen molar-refractivity contribution in [2.24, 2.45) is 0 Å². The van der Waals surface area contributed by atoms with E-state index in [2.05, 4.69) is 5.10 Å². The summed E-state index contributed by atoms with van der Waals surface area (Å²) in [4.78, 5) is 0. The molecule has 0 spiro atoms. The van der Waals surface area contributed by atoms with Crippen LogP contribution in [0.3, 0.4) is 0 Å². The van der Waals surface area contributed by atoms with E-state index in [4.69, 9.17) is 1.37 Å². The van der Waals surface area contributed by atoms with Gasteiger partial charge in [-0.2, -0.15) is 18.3 Å². The molecule has 5 heteroatoms. The minimum atomic E-state index is -4.28. The number of hydrogen-bond donors (Lipinski definition) is 0. The average Bonchev–Trinajstić information content (AvgIpc) is 2.45. The van der Waals surface area contributed by atoms with E-state index in [0.717, 1.165) is 4.68 Å². The Morgan fingerprint density at radius 2 is 2.21 bits per heavy atom. The molecule has 1 aromatic carbocycles.